The fourth-order valence-electron chi connectivity index (χ4n) is 2.90. The first kappa shape index (κ1) is 15.0. The number of aliphatic carboxylic acids is 1. The molecule has 0 aliphatic carbocycles. The Balaban J connectivity index is 2.14. The van der Waals surface area contributed by atoms with Crippen LogP contribution in [0.15, 0.2) is 42.5 Å². The van der Waals surface area contributed by atoms with Crippen molar-refractivity contribution in [3.63, 3.8) is 0 Å². The van der Waals surface area contributed by atoms with E-state index < -0.39 is 5.97 Å². The van der Waals surface area contributed by atoms with Crippen LogP contribution in [0.4, 0.5) is 0 Å². The molecule has 5 heteroatoms. The van der Waals surface area contributed by atoms with Crippen LogP contribution in [0.25, 0.3) is 10.9 Å². The first-order valence-corrected chi connectivity index (χ1v) is 7.26. The average molecular weight is 311 g/mol. The summed E-state index contributed by atoms with van der Waals surface area (Å²) in [6.45, 7) is 2.42. The van der Waals surface area contributed by atoms with Gasteiger partial charge < -0.3 is 19.9 Å². The number of nitrogens with zero attached hydrogens (tertiary/aromatic N) is 1. The zero-order valence-corrected chi connectivity index (χ0v) is 12.7. The Morgan fingerprint density at radius 2 is 1.70 bits per heavy atom. The number of fused-ring (bicyclic) bond motifs is 1. The second kappa shape index (κ2) is 5.68. The van der Waals surface area contributed by atoms with E-state index in [0.29, 0.717) is 6.54 Å². The van der Waals surface area contributed by atoms with Crippen LogP contribution in [-0.2, 0) is 17.8 Å². The van der Waals surface area contributed by atoms with E-state index >= 15 is 0 Å². The first-order chi connectivity index (χ1) is 11.0. The van der Waals surface area contributed by atoms with Crippen molar-refractivity contribution < 1.29 is 20.1 Å². The van der Waals surface area contributed by atoms with Gasteiger partial charge in [0.15, 0.2) is 0 Å². The minimum absolute atomic E-state index is 0.0598. The molecule has 3 N–H and O–H groups in total. The number of aromatic nitrogens is 1. The van der Waals surface area contributed by atoms with Gasteiger partial charge in [-0.2, -0.15) is 0 Å². The van der Waals surface area contributed by atoms with Crippen LogP contribution in [-0.4, -0.2) is 25.9 Å². The van der Waals surface area contributed by atoms with E-state index in [4.69, 9.17) is 5.11 Å². The normalized spacial score (nSPS) is 11.0. The Morgan fingerprint density at radius 1 is 1.04 bits per heavy atom. The molecule has 3 aromatic rings. The highest BCUT2D eigenvalue weighted by Gasteiger charge is 2.17. The van der Waals surface area contributed by atoms with Gasteiger partial charge in [0, 0.05) is 23.7 Å². The van der Waals surface area contributed by atoms with E-state index in [1.54, 1.807) is 30.3 Å². The maximum absolute atomic E-state index is 11.2. The number of phenols is 2. The van der Waals surface area contributed by atoms with Gasteiger partial charge in [0.25, 0.3) is 0 Å². The van der Waals surface area contributed by atoms with Crippen LogP contribution < -0.4 is 0 Å². The molecule has 0 bridgehead atoms. The van der Waals surface area contributed by atoms with Crippen molar-refractivity contribution in [2.24, 2.45) is 0 Å². The highest BCUT2D eigenvalue weighted by atomic mass is 16.4. The van der Waals surface area contributed by atoms with E-state index in [1.165, 1.54) is 0 Å². The van der Waals surface area contributed by atoms with Gasteiger partial charge in [-0.05, 0) is 42.3 Å². The number of hydrogen-bond donors (Lipinski definition) is 3. The molecule has 0 aliphatic rings. The lowest BCUT2D eigenvalue weighted by atomic mass is 10.1. The molecule has 0 aliphatic heterocycles. The molecule has 1 heterocycles. The summed E-state index contributed by atoms with van der Waals surface area (Å²) in [5.41, 5.74) is 3.40. The third-order valence-electron chi connectivity index (χ3n) is 4.04. The first-order valence-electron chi connectivity index (χ1n) is 7.26. The minimum atomic E-state index is -0.884. The summed E-state index contributed by atoms with van der Waals surface area (Å²) in [6.07, 6.45) is -0.0598. The average Bonchev–Trinajstić information content (AvgIpc) is 2.74. The number of phenolic OH excluding ortho intramolecular Hbond substituents is 2. The topological polar surface area (TPSA) is 82.7 Å². The smallest absolute Gasteiger partial charge is 0.307 e. The van der Waals surface area contributed by atoms with Gasteiger partial charge in [-0.3, -0.25) is 4.79 Å². The maximum atomic E-state index is 11.2. The van der Waals surface area contributed by atoms with E-state index in [2.05, 4.69) is 0 Å². The number of aromatic hydroxyl groups is 2. The van der Waals surface area contributed by atoms with Crippen molar-refractivity contribution in [2.45, 2.75) is 19.9 Å². The van der Waals surface area contributed by atoms with Crippen molar-refractivity contribution >= 4 is 16.9 Å². The Hall–Kier alpha value is -2.95. The molecule has 5 nitrogen and oxygen atoms in total. The molecule has 0 spiro atoms. The van der Waals surface area contributed by atoms with Gasteiger partial charge in [0.05, 0.1) is 11.9 Å². The fourth-order valence-corrected chi connectivity index (χ4v) is 2.90. The summed E-state index contributed by atoms with van der Waals surface area (Å²) in [5.74, 6) is -0.541. The highest BCUT2D eigenvalue weighted by molar-refractivity contribution is 5.90. The van der Waals surface area contributed by atoms with E-state index in [-0.39, 0.29) is 17.9 Å². The highest BCUT2D eigenvalue weighted by Crippen LogP contribution is 2.30. The number of hydrogen-bond acceptors (Lipinski definition) is 3. The van der Waals surface area contributed by atoms with Crippen molar-refractivity contribution in [3.05, 3.63) is 59.3 Å². The van der Waals surface area contributed by atoms with Crippen molar-refractivity contribution in [1.29, 1.82) is 0 Å². The van der Waals surface area contributed by atoms with Gasteiger partial charge >= 0.3 is 5.97 Å². The minimum Gasteiger partial charge on any atom is -0.508 e. The van der Waals surface area contributed by atoms with E-state index in [1.807, 2.05) is 23.6 Å². The van der Waals surface area contributed by atoms with Crippen LogP contribution in [0, 0.1) is 6.92 Å². The van der Waals surface area contributed by atoms with Crippen molar-refractivity contribution in [2.75, 3.05) is 0 Å². The van der Waals surface area contributed by atoms with Crippen LogP contribution in [0.3, 0.4) is 0 Å². The summed E-state index contributed by atoms with van der Waals surface area (Å²) in [4.78, 5) is 11.2. The van der Waals surface area contributed by atoms with Crippen LogP contribution in [0.2, 0.25) is 0 Å². The van der Waals surface area contributed by atoms with E-state index in [0.717, 1.165) is 27.7 Å². The molecular weight excluding hydrogens is 294 g/mol. The molecule has 0 radical (unpaired) electrons. The van der Waals surface area contributed by atoms with E-state index in [9.17, 15) is 15.0 Å². The summed E-state index contributed by atoms with van der Waals surface area (Å²) < 4.78 is 1.99. The molecule has 1 aromatic heterocycles. The number of rotatable bonds is 4. The van der Waals surface area contributed by atoms with Gasteiger partial charge in [0.2, 0.25) is 0 Å². The molecule has 0 atom stereocenters. The Morgan fingerprint density at radius 3 is 2.35 bits per heavy atom. The predicted octanol–water partition coefficient (Wildman–Crippen LogP) is 3.04. The number of carboxylic acid groups (broad SMARTS) is 1. The Labute approximate surface area is 133 Å². The second-order valence-corrected chi connectivity index (χ2v) is 5.59. The second-order valence-electron chi connectivity index (χ2n) is 5.59. The molecule has 0 unspecified atom stereocenters. The third kappa shape index (κ3) is 2.85. The SMILES string of the molecule is Cc1c(CC(=O)O)c2ccc(O)cc2n1Cc1ccc(O)cc1. The number of carboxylic acids is 1. The zero-order chi connectivity index (χ0) is 16.6. The Kier molecular flexibility index (Phi) is 3.70. The fraction of sp³-hybridized carbons (Fsp3) is 0.167. The van der Waals surface area contributed by atoms with Crippen molar-refractivity contribution in [3.8, 4) is 11.5 Å². The largest absolute Gasteiger partial charge is 0.508 e. The maximum Gasteiger partial charge on any atom is 0.307 e. The van der Waals surface area contributed by atoms with Gasteiger partial charge in [0.1, 0.15) is 11.5 Å². The van der Waals surface area contributed by atoms with Gasteiger partial charge in [-0.1, -0.05) is 12.1 Å². The van der Waals surface area contributed by atoms with Gasteiger partial charge in [-0.25, -0.2) is 0 Å². The zero-order valence-electron chi connectivity index (χ0n) is 12.7. The number of benzene rings is 2. The van der Waals surface area contributed by atoms with Crippen molar-refractivity contribution in [1.82, 2.24) is 4.57 Å². The summed E-state index contributed by atoms with van der Waals surface area (Å²) in [7, 11) is 0. The van der Waals surface area contributed by atoms with Gasteiger partial charge in [-0.15, -0.1) is 0 Å². The summed E-state index contributed by atoms with van der Waals surface area (Å²) >= 11 is 0. The molecule has 0 amide bonds. The lowest BCUT2D eigenvalue weighted by molar-refractivity contribution is -0.136. The molecule has 0 saturated carbocycles. The Bertz CT molecular complexity index is 878. The molecule has 23 heavy (non-hydrogen) atoms. The monoisotopic (exact) mass is 311 g/mol. The molecule has 118 valence electrons. The van der Waals surface area contributed by atoms with Crippen LogP contribution in [0.5, 0.6) is 11.5 Å². The van der Waals surface area contributed by atoms with Crippen LogP contribution >= 0.6 is 0 Å². The lowest BCUT2D eigenvalue weighted by Gasteiger charge is -2.09. The summed E-state index contributed by atoms with van der Waals surface area (Å²) in [6, 6.07) is 11.8. The third-order valence-corrected chi connectivity index (χ3v) is 4.04. The molecule has 3 rings (SSSR count). The molecule has 0 saturated heterocycles. The predicted molar refractivity (Wildman–Crippen MR) is 86.9 cm³/mol. The molecule has 2 aromatic carbocycles. The van der Waals surface area contributed by atoms with Crippen LogP contribution in [0.1, 0.15) is 16.8 Å². The quantitative estimate of drug-likeness (QED) is 0.691. The lowest BCUT2D eigenvalue weighted by Crippen LogP contribution is -2.05. The summed E-state index contributed by atoms with van der Waals surface area (Å²) in [5, 5.41) is 29.1. The molecular formula is C18H17NO4. The number of carbonyl (C=O) groups is 1. The molecule has 0 fully saturated rings. The standard InChI is InChI=1S/C18H17NO4/c1-11-16(9-18(22)23)15-7-6-14(21)8-17(15)19(11)10-12-2-4-13(20)5-3-12/h2-8,20-21H,9-10H2,1H3,(H,22,23).